The fourth-order valence-corrected chi connectivity index (χ4v) is 8.29. The van der Waals surface area contributed by atoms with Crippen molar-refractivity contribution < 1.29 is 21.6 Å². The molecule has 4 heterocycles. The molecular formula is C29H30F3N5O2S2. The first-order valence-corrected chi connectivity index (χ1v) is 15.9. The van der Waals surface area contributed by atoms with Crippen molar-refractivity contribution in [3.63, 3.8) is 0 Å². The molecule has 1 fully saturated rings. The summed E-state index contributed by atoms with van der Waals surface area (Å²) in [6.45, 7) is 6.03. The van der Waals surface area contributed by atoms with Crippen LogP contribution in [0.25, 0.3) is 10.2 Å². The lowest BCUT2D eigenvalue weighted by atomic mass is 10.0. The quantitative estimate of drug-likeness (QED) is 0.303. The van der Waals surface area contributed by atoms with Crippen LogP contribution in [0.2, 0.25) is 0 Å². The smallest absolute Gasteiger partial charge is 0.353 e. The van der Waals surface area contributed by atoms with Gasteiger partial charge in [0.1, 0.15) is 16.5 Å². The molecule has 0 amide bonds. The molecule has 0 saturated carbocycles. The SMILES string of the molecule is CCN1CCc2c(sc3nc(Cc4ccccc4)nc(N4CCN(S(=O)(=O)c5cccc(C(F)(F)F)c5)CC4)c23)C1. The second kappa shape index (κ2) is 11.0. The topological polar surface area (TPSA) is 69.6 Å². The van der Waals surface area contributed by atoms with Gasteiger partial charge in [-0.25, -0.2) is 18.4 Å². The molecule has 216 valence electrons. The Morgan fingerprint density at radius 2 is 1.71 bits per heavy atom. The third kappa shape index (κ3) is 5.57. The van der Waals surface area contributed by atoms with Crippen LogP contribution in [0, 0.1) is 0 Å². The highest BCUT2D eigenvalue weighted by Gasteiger charge is 2.35. The molecule has 0 spiro atoms. The molecule has 2 aromatic carbocycles. The van der Waals surface area contributed by atoms with Gasteiger partial charge in [0.2, 0.25) is 10.0 Å². The van der Waals surface area contributed by atoms with Crippen molar-refractivity contribution in [3.05, 3.63) is 82.0 Å². The highest BCUT2D eigenvalue weighted by Crippen LogP contribution is 2.39. The predicted molar refractivity (Wildman–Crippen MR) is 154 cm³/mol. The predicted octanol–water partition coefficient (Wildman–Crippen LogP) is 5.19. The molecule has 12 heteroatoms. The number of anilines is 1. The van der Waals surface area contributed by atoms with Crippen LogP contribution >= 0.6 is 11.3 Å². The summed E-state index contributed by atoms with van der Waals surface area (Å²) in [7, 11) is -4.08. The van der Waals surface area contributed by atoms with E-state index in [1.165, 1.54) is 20.8 Å². The van der Waals surface area contributed by atoms with Gasteiger partial charge >= 0.3 is 6.18 Å². The molecule has 2 aliphatic rings. The molecule has 6 rings (SSSR count). The van der Waals surface area contributed by atoms with Gasteiger partial charge in [-0.15, -0.1) is 11.3 Å². The van der Waals surface area contributed by atoms with Crippen molar-refractivity contribution in [2.75, 3.05) is 44.2 Å². The van der Waals surface area contributed by atoms with E-state index in [1.807, 2.05) is 30.3 Å². The number of benzene rings is 2. The van der Waals surface area contributed by atoms with Gasteiger partial charge in [0, 0.05) is 50.6 Å². The highest BCUT2D eigenvalue weighted by molar-refractivity contribution is 7.89. The van der Waals surface area contributed by atoms with Crippen LogP contribution in [0.5, 0.6) is 0 Å². The monoisotopic (exact) mass is 601 g/mol. The lowest BCUT2D eigenvalue weighted by molar-refractivity contribution is -0.137. The van der Waals surface area contributed by atoms with E-state index >= 15 is 0 Å². The molecule has 0 atom stereocenters. The number of aromatic nitrogens is 2. The Hall–Kier alpha value is -3.06. The fourth-order valence-electron chi connectivity index (χ4n) is 5.55. The molecule has 0 N–H and O–H groups in total. The standard InChI is InChI=1S/C29H30F3N5O2S2/c1-2-35-12-11-23-24(19-35)40-28-26(23)27(33-25(34-28)17-20-7-4-3-5-8-20)36-13-15-37(16-14-36)41(38,39)22-10-6-9-21(18-22)29(30,31)32/h3-10,18H,2,11-17,19H2,1H3. The number of piperazine rings is 1. The summed E-state index contributed by atoms with van der Waals surface area (Å²) in [6.07, 6.45) is -3.13. The van der Waals surface area contributed by atoms with Gasteiger partial charge in [0.05, 0.1) is 15.8 Å². The minimum absolute atomic E-state index is 0.147. The van der Waals surface area contributed by atoms with Crippen molar-refractivity contribution in [2.24, 2.45) is 0 Å². The maximum Gasteiger partial charge on any atom is 0.416 e. The van der Waals surface area contributed by atoms with Crippen molar-refractivity contribution in [1.29, 1.82) is 0 Å². The van der Waals surface area contributed by atoms with E-state index in [0.29, 0.717) is 31.4 Å². The molecule has 1 saturated heterocycles. The average Bonchev–Trinajstić information content (AvgIpc) is 3.34. The van der Waals surface area contributed by atoms with E-state index in [2.05, 4.69) is 16.7 Å². The first-order chi connectivity index (χ1) is 19.6. The lowest BCUT2D eigenvalue weighted by Crippen LogP contribution is -2.49. The van der Waals surface area contributed by atoms with E-state index < -0.39 is 21.8 Å². The Bertz CT molecular complexity index is 1670. The van der Waals surface area contributed by atoms with E-state index in [9.17, 15) is 21.6 Å². The third-order valence-corrected chi connectivity index (χ3v) is 10.8. The minimum atomic E-state index is -4.62. The summed E-state index contributed by atoms with van der Waals surface area (Å²) in [4.78, 5) is 16.4. The Balaban J connectivity index is 1.31. The molecule has 0 bridgehead atoms. The number of sulfonamides is 1. The molecule has 2 aromatic heterocycles. The Morgan fingerprint density at radius 1 is 0.951 bits per heavy atom. The molecule has 0 unspecified atom stereocenters. The molecule has 0 radical (unpaired) electrons. The fraction of sp³-hybridized carbons (Fsp3) is 0.379. The van der Waals surface area contributed by atoms with E-state index in [1.54, 1.807) is 11.3 Å². The Kier molecular flexibility index (Phi) is 7.52. The summed E-state index contributed by atoms with van der Waals surface area (Å²) in [6, 6.07) is 14.0. The maximum absolute atomic E-state index is 13.3. The minimum Gasteiger partial charge on any atom is -0.353 e. The normalized spacial score (nSPS) is 17.2. The van der Waals surface area contributed by atoms with Gasteiger partial charge in [-0.05, 0) is 42.3 Å². The summed E-state index contributed by atoms with van der Waals surface area (Å²) < 4.78 is 67.6. The molecule has 41 heavy (non-hydrogen) atoms. The molecule has 2 aliphatic heterocycles. The highest BCUT2D eigenvalue weighted by atomic mass is 32.2. The summed E-state index contributed by atoms with van der Waals surface area (Å²) in [5.41, 5.74) is 1.40. The molecular weight excluding hydrogens is 571 g/mol. The van der Waals surface area contributed by atoms with Crippen molar-refractivity contribution in [2.45, 2.75) is 37.4 Å². The van der Waals surface area contributed by atoms with E-state index in [4.69, 9.17) is 9.97 Å². The number of thiophene rings is 1. The van der Waals surface area contributed by atoms with Crippen LogP contribution in [0.4, 0.5) is 19.0 Å². The van der Waals surface area contributed by atoms with Crippen molar-refractivity contribution >= 4 is 37.4 Å². The van der Waals surface area contributed by atoms with Crippen LogP contribution in [-0.4, -0.2) is 66.9 Å². The van der Waals surface area contributed by atoms with Gasteiger partial charge in [-0.3, -0.25) is 4.90 Å². The number of halogens is 3. The Morgan fingerprint density at radius 3 is 2.41 bits per heavy atom. The Labute approximate surface area is 241 Å². The molecule has 7 nitrogen and oxygen atoms in total. The zero-order valence-electron chi connectivity index (χ0n) is 22.6. The number of fused-ring (bicyclic) bond motifs is 3. The first kappa shape index (κ1) is 28.1. The van der Waals surface area contributed by atoms with Gasteiger partial charge in [0.15, 0.2) is 0 Å². The van der Waals surface area contributed by atoms with E-state index in [-0.39, 0.29) is 18.0 Å². The van der Waals surface area contributed by atoms with E-state index in [0.717, 1.165) is 59.8 Å². The maximum atomic E-state index is 13.3. The van der Waals surface area contributed by atoms with Crippen LogP contribution in [0.3, 0.4) is 0 Å². The van der Waals surface area contributed by atoms with Gasteiger partial charge in [0.25, 0.3) is 0 Å². The summed E-state index contributed by atoms with van der Waals surface area (Å²) in [5.74, 6) is 1.53. The van der Waals surface area contributed by atoms with Gasteiger partial charge in [-0.2, -0.15) is 17.5 Å². The van der Waals surface area contributed by atoms with Crippen molar-refractivity contribution in [1.82, 2.24) is 19.2 Å². The second-order valence-electron chi connectivity index (χ2n) is 10.3. The van der Waals surface area contributed by atoms with Gasteiger partial charge < -0.3 is 4.90 Å². The largest absolute Gasteiger partial charge is 0.416 e. The lowest BCUT2D eigenvalue weighted by Gasteiger charge is -2.35. The molecule has 0 aliphatic carbocycles. The zero-order chi connectivity index (χ0) is 28.8. The number of nitrogens with zero attached hydrogens (tertiary/aromatic N) is 5. The third-order valence-electron chi connectivity index (χ3n) is 7.80. The van der Waals surface area contributed by atoms with Gasteiger partial charge in [-0.1, -0.05) is 43.3 Å². The molecule has 4 aromatic rings. The summed E-state index contributed by atoms with van der Waals surface area (Å²) >= 11 is 1.71. The van der Waals surface area contributed by atoms with Crippen LogP contribution < -0.4 is 4.90 Å². The number of rotatable bonds is 6. The van der Waals surface area contributed by atoms with Crippen LogP contribution in [0.1, 0.15) is 34.3 Å². The van der Waals surface area contributed by atoms with Crippen LogP contribution in [0.15, 0.2) is 59.5 Å². The zero-order valence-corrected chi connectivity index (χ0v) is 24.2. The number of hydrogen-bond donors (Lipinski definition) is 0. The second-order valence-corrected chi connectivity index (χ2v) is 13.4. The number of likely N-dealkylation sites (N-methyl/N-ethyl adjacent to an activating group) is 1. The summed E-state index contributed by atoms with van der Waals surface area (Å²) in [5, 5.41) is 1.05. The number of hydrogen-bond acceptors (Lipinski definition) is 7. The average molecular weight is 602 g/mol. The first-order valence-electron chi connectivity index (χ1n) is 13.6. The van der Waals surface area contributed by atoms with Crippen molar-refractivity contribution in [3.8, 4) is 0 Å². The number of alkyl halides is 3. The van der Waals surface area contributed by atoms with Crippen LogP contribution in [-0.2, 0) is 35.6 Å².